The fraction of sp³-hybridized carbons (Fsp3) is 0.500. The van der Waals surface area contributed by atoms with Crippen molar-refractivity contribution < 1.29 is 23.5 Å². The van der Waals surface area contributed by atoms with Crippen LogP contribution in [0, 0.1) is 22.7 Å². The first kappa shape index (κ1) is 15.0. The first-order chi connectivity index (χ1) is 12.0. The minimum atomic E-state index is -0.302. The molecule has 25 heavy (non-hydrogen) atoms. The van der Waals surface area contributed by atoms with Gasteiger partial charge in [0, 0.05) is 16.6 Å². The minimum absolute atomic E-state index is 0.0902. The summed E-state index contributed by atoms with van der Waals surface area (Å²) in [6.45, 7) is 2.59. The summed E-state index contributed by atoms with van der Waals surface area (Å²) in [6, 6.07) is 1.85. The number of carbonyl (C=O) groups excluding carboxylic acids is 2. The Balaban J connectivity index is 1.58. The van der Waals surface area contributed by atoms with E-state index in [9.17, 15) is 9.59 Å². The first-order valence-electron chi connectivity index (χ1n) is 8.83. The Labute approximate surface area is 145 Å². The lowest BCUT2D eigenvalue weighted by Gasteiger charge is -2.57. The molecule has 0 aromatic carbocycles. The van der Waals surface area contributed by atoms with E-state index in [0.717, 1.165) is 30.4 Å². The number of ether oxygens (including phenoxy) is 2. The number of allylic oxidation sites excluding steroid dienone is 3. The van der Waals surface area contributed by atoms with E-state index in [0.29, 0.717) is 6.61 Å². The van der Waals surface area contributed by atoms with Crippen LogP contribution in [0.4, 0.5) is 0 Å². The van der Waals surface area contributed by atoms with Crippen molar-refractivity contribution in [2.75, 3.05) is 6.61 Å². The van der Waals surface area contributed by atoms with Crippen LogP contribution in [0.1, 0.15) is 37.9 Å². The Morgan fingerprint density at radius 1 is 1.28 bits per heavy atom. The number of esters is 2. The van der Waals surface area contributed by atoms with Crippen LogP contribution in [0.25, 0.3) is 0 Å². The SMILES string of the molecule is C[C@]12C[C@H](c3ccoc3)OC(=O)[C@H]1CC[C@@]13COC(=O)C1=CC=CC32. The zero-order chi connectivity index (χ0) is 17.2. The van der Waals surface area contributed by atoms with E-state index in [-0.39, 0.29) is 40.7 Å². The molecule has 5 rings (SSSR count). The maximum Gasteiger partial charge on any atom is 0.334 e. The summed E-state index contributed by atoms with van der Waals surface area (Å²) >= 11 is 0. The summed E-state index contributed by atoms with van der Waals surface area (Å²) in [4.78, 5) is 25.0. The molecule has 1 spiro atoms. The third-order valence-electron chi connectivity index (χ3n) is 6.85. The standard InChI is InChI=1S/C20H20O5/c1-19-9-15(12-6-8-23-10-12)25-18(22)13(19)5-7-20-11-24-17(21)14(20)3-2-4-16(19)20/h2-4,6,8,10,13,15-16H,5,7,9,11H2,1H3/t13-,15-,16?,19+,20-/m1/s1. The minimum Gasteiger partial charge on any atom is -0.472 e. The number of cyclic esters (lactones) is 2. The number of rotatable bonds is 1. The second kappa shape index (κ2) is 4.87. The zero-order valence-corrected chi connectivity index (χ0v) is 14.1. The predicted molar refractivity (Wildman–Crippen MR) is 87.1 cm³/mol. The maximum absolute atomic E-state index is 12.8. The van der Waals surface area contributed by atoms with Gasteiger partial charge < -0.3 is 13.9 Å². The highest BCUT2D eigenvalue weighted by Crippen LogP contribution is 2.65. The van der Waals surface area contributed by atoms with E-state index < -0.39 is 0 Å². The molecule has 3 fully saturated rings. The number of fused-ring (bicyclic) bond motifs is 2. The Kier molecular flexibility index (Phi) is 2.92. The zero-order valence-electron chi connectivity index (χ0n) is 14.1. The highest BCUT2D eigenvalue weighted by atomic mass is 16.5. The molecule has 0 amide bonds. The van der Waals surface area contributed by atoms with Gasteiger partial charge in [-0.3, -0.25) is 4.79 Å². The van der Waals surface area contributed by atoms with E-state index in [1.807, 2.05) is 18.2 Å². The van der Waals surface area contributed by atoms with Crippen molar-refractivity contribution in [1.29, 1.82) is 0 Å². The molecule has 4 aliphatic rings. The lowest BCUT2D eigenvalue weighted by atomic mass is 9.47. The van der Waals surface area contributed by atoms with Crippen LogP contribution in [0.2, 0.25) is 0 Å². The molecule has 130 valence electrons. The fourth-order valence-corrected chi connectivity index (χ4v) is 5.62. The third kappa shape index (κ3) is 1.84. The largest absolute Gasteiger partial charge is 0.472 e. The Hall–Kier alpha value is -2.30. The monoisotopic (exact) mass is 340 g/mol. The summed E-state index contributed by atoms with van der Waals surface area (Å²) in [5.41, 5.74) is 1.09. The molecular formula is C20H20O5. The summed E-state index contributed by atoms with van der Waals surface area (Å²) in [7, 11) is 0. The van der Waals surface area contributed by atoms with Crippen molar-refractivity contribution in [2.24, 2.45) is 22.7 Å². The van der Waals surface area contributed by atoms with E-state index in [1.165, 1.54) is 0 Å². The van der Waals surface area contributed by atoms with Crippen molar-refractivity contribution in [3.63, 3.8) is 0 Å². The quantitative estimate of drug-likeness (QED) is 0.734. The van der Waals surface area contributed by atoms with Gasteiger partial charge in [0.05, 0.1) is 18.4 Å². The average Bonchev–Trinajstić information content (AvgIpc) is 3.23. The van der Waals surface area contributed by atoms with Crippen molar-refractivity contribution in [1.82, 2.24) is 0 Å². The molecule has 5 atom stereocenters. The van der Waals surface area contributed by atoms with Gasteiger partial charge in [-0.25, -0.2) is 4.79 Å². The molecule has 1 aromatic heterocycles. The number of furan rings is 1. The molecule has 2 aliphatic carbocycles. The highest BCUT2D eigenvalue weighted by Gasteiger charge is 2.64. The highest BCUT2D eigenvalue weighted by molar-refractivity contribution is 5.93. The van der Waals surface area contributed by atoms with Crippen molar-refractivity contribution >= 4 is 11.9 Å². The summed E-state index contributed by atoms with van der Waals surface area (Å²) in [5, 5.41) is 0. The average molecular weight is 340 g/mol. The first-order valence-corrected chi connectivity index (χ1v) is 8.83. The van der Waals surface area contributed by atoms with Crippen LogP contribution >= 0.6 is 0 Å². The molecular weight excluding hydrogens is 320 g/mol. The van der Waals surface area contributed by atoms with Gasteiger partial charge in [0.25, 0.3) is 0 Å². The number of carbonyl (C=O) groups is 2. The molecule has 0 radical (unpaired) electrons. The van der Waals surface area contributed by atoms with Gasteiger partial charge in [-0.15, -0.1) is 0 Å². The molecule has 3 heterocycles. The van der Waals surface area contributed by atoms with E-state index in [1.54, 1.807) is 12.5 Å². The van der Waals surface area contributed by atoms with Gasteiger partial charge in [0.15, 0.2) is 0 Å². The number of hydrogen-bond acceptors (Lipinski definition) is 5. The molecule has 1 aromatic rings. The smallest absolute Gasteiger partial charge is 0.334 e. The summed E-state index contributed by atoms with van der Waals surface area (Å²) in [5.74, 6) is -0.399. The van der Waals surface area contributed by atoms with Crippen LogP contribution in [0.3, 0.4) is 0 Å². The molecule has 2 aliphatic heterocycles. The Bertz CT molecular complexity index is 804. The second-order valence-electron chi connectivity index (χ2n) is 7.96. The van der Waals surface area contributed by atoms with Crippen molar-refractivity contribution in [3.05, 3.63) is 48.0 Å². The van der Waals surface area contributed by atoms with E-state index in [4.69, 9.17) is 13.9 Å². The van der Waals surface area contributed by atoms with Crippen molar-refractivity contribution in [3.8, 4) is 0 Å². The second-order valence-corrected chi connectivity index (χ2v) is 7.96. The molecule has 0 N–H and O–H groups in total. The fourth-order valence-electron chi connectivity index (χ4n) is 5.62. The number of hydrogen-bond donors (Lipinski definition) is 0. The van der Waals surface area contributed by atoms with Crippen LogP contribution in [-0.2, 0) is 19.1 Å². The lowest BCUT2D eigenvalue weighted by molar-refractivity contribution is -0.187. The predicted octanol–water partition coefficient (Wildman–Crippen LogP) is 3.34. The van der Waals surface area contributed by atoms with Crippen LogP contribution in [-0.4, -0.2) is 18.5 Å². The summed E-state index contributed by atoms with van der Waals surface area (Å²) in [6.07, 6.45) is 11.2. The Morgan fingerprint density at radius 2 is 2.16 bits per heavy atom. The normalized spacial score (nSPS) is 42.0. The van der Waals surface area contributed by atoms with E-state index in [2.05, 4.69) is 13.0 Å². The van der Waals surface area contributed by atoms with Crippen LogP contribution in [0.5, 0.6) is 0 Å². The topological polar surface area (TPSA) is 65.7 Å². The third-order valence-corrected chi connectivity index (χ3v) is 6.85. The molecule has 0 bridgehead atoms. The van der Waals surface area contributed by atoms with Crippen molar-refractivity contribution in [2.45, 2.75) is 32.3 Å². The molecule has 5 heteroatoms. The van der Waals surface area contributed by atoms with Gasteiger partial charge >= 0.3 is 11.9 Å². The van der Waals surface area contributed by atoms with Gasteiger partial charge in [0.1, 0.15) is 12.7 Å². The molecule has 2 saturated heterocycles. The van der Waals surface area contributed by atoms with Crippen LogP contribution < -0.4 is 0 Å². The maximum atomic E-state index is 12.8. The van der Waals surface area contributed by atoms with Gasteiger partial charge in [0.2, 0.25) is 0 Å². The van der Waals surface area contributed by atoms with Gasteiger partial charge in [-0.1, -0.05) is 25.2 Å². The molecule has 5 nitrogen and oxygen atoms in total. The lowest BCUT2D eigenvalue weighted by Crippen LogP contribution is -2.56. The molecule has 1 saturated carbocycles. The van der Waals surface area contributed by atoms with Gasteiger partial charge in [-0.05, 0) is 36.7 Å². The van der Waals surface area contributed by atoms with E-state index >= 15 is 0 Å². The Morgan fingerprint density at radius 3 is 2.96 bits per heavy atom. The van der Waals surface area contributed by atoms with Crippen LogP contribution in [0.15, 0.2) is 46.8 Å². The van der Waals surface area contributed by atoms with Gasteiger partial charge in [-0.2, -0.15) is 0 Å². The molecule has 1 unspecified atom stereocenters. The summed E-state index contributed by atoms with van der Waals surface area (Å²) < 4.78 is 16.4.